The molecule has 0 unspecified atom stereocenters. The summed E-state index contributed by atoms with van der Waals surface area (Å²) >= 11 is 0. The van der Waals surface area contributed by atoms with Crippen LogP contribution in [0.15, 0.2) is 17.3 Å². The molecule has 56 valence electrons. The molecule has 0 N–H and O–H groups in total. The van der Waals surface area contributed by atoms with Crippen LogP contribution in [-0.2, 0) is 0 Å². The van der Waals surface area contributed by atoms with Crippen molar-refractivity contribution in [2.45, 2.75) is 19.8 Å². The molecule has 0 spiro atoms. The third-order valence-corrected chi connectivity index (χ3v) is 1.71. The summed E-state index contributed by atoms with van der Waals surface area (Å²) in [5.74, 6) is 1.22. The number of rotatable bonds is 1. The van der Waals surface area contributed by atoms with Crippen molar-refractivity contribution in [1.82, 2.24) is 4.90 Å². The van der Waals surface area contributed by atoms with Crippen molar-refractivity contribution in [3.8, 4) is 0 Å². The predicted molar refractivity (Wildman–Crippen MR) is 44.1 cm³/mol. The molecule has 0 aromatic rings. The fraction of sp³-hybridized carbons (Fsp3) is 0.625. The maximum atomic E-state index is 4.28. The number of likely N-dealkylation sites (tertiary alicyclic amines) is 1. The molecular formula is C8H14N2. The average molecular weight is 138 g/mol. The Morgan fingerprint density at radius 2 is 2.40 bits per heavy atom. The summed E-state index contributed by atoms with van der Waals surface area (Å²) in [6.45, 7) is 3.15. The summed E-state index contributed by atoms with van der Waals surface area (Å²) in [5, 5.41) is 0. The first-order chi connectivity index (χ1) is 4.84. The van der Waals surface area contributed by atoms with Gasteiger partial charge >= 0.3 is 0 Å². The minimum Gasteiger partial charge on any atom is -0.363 e. The summed E-state index contributed by atoms with van der Waals surface area (Å²) in [6.07, 6.45) is 6.21. The molecule has 1 saturated heterocycles. The van der Waals surface area contributed by atoms with Gasteiger partial charge in [-0.3, -0.25) is 0 Å². The molecule has 1 aliphatic rings. The van der Waals surface area contributed by atoms with Crippen molar-refractivity contribution < 1.29 is 0 Å². The minimum atomic E-state index is 1.14. The van der Waals surface area contributed by atoms with E-state index < -0.39 is 0 Å². The van der Waals surface area contributed by atoms with E-state index in [1.807, 2.05) is 19.2 Å². The Morgan fingerprint density at radius 1 is 1.60 bits per heavy atom. The summed E-state index contributed by atoms with van der Waals surface area (Å²) in [7, 11) is 2.09. The number of amidine groups is 1. The quantitative estimate of drug-likeness (QED) is 0.538. The number of hydrogen-bond donors (Lipinski definition) is 0. The van der Waals surface area contributed by atoms with Gasteiger partial charge in [0.2, 0.25) is 0 Å². The van der Waals surface area contributed by atoms with Gasteiger partial charge in [-0.1, -0.05) is 6.08 Å². The second-order valence-corrected chi connectivity index (χ2v) is 2.55. The molecule has 2 nitrogen and oxygen atoms in total. The van der Waals surface area contributed by atoms with Crippen LogP contribution >= 0.6 is 0 Å². The van der Waals surface area contributed by atoms with Gasteiger partial charge in [-0.05, 0) is 13.3 Å². The van der Waals surface area contributed by atoms with E-state index in [1.165, 1.54) is 12.3 Å². The van der Waals surface area contributed by atoms with Crippen LogP contribution in [0.4, 0.5) is 0 Å². The number of nitrogens with zero attached hydrogens (tertiary/aromatic N) is 2. The Bertz CT molecular complexity index is 159. The highest BCUT2D eigenvalue weighted by atomic mass is 15.2. The summed E-state index contributed by atoms with van der Waals surface area (Å²) in [4.78, 5) is 6.49. The Labute approximate surface area is 62.3 Å². The lowest BCUT2D eigenvalue weighted by molar-refractivity contribution is 0.550. The van der Waals surface area contributed by atoms with E-state index in [0.717, 1.165) is 13.0 Å². The molecule has 0 aromatic carbocycles. The fourth-order valence-electron chi connectivity index (χ4n) is 1.12. The second kappa shape index (κ2) is 3.40. The van der Waals surface area contributed by atoms with Gasteiger partial charge in [-0.15, -0.1) is 0 Å². The van der Waals surface area contributed by atoms with E-state index in [9.17, 15) is 0 Å². The van der Waals surface area contributed by atoms with Crippen molar-refractivity contribution in [2.24, 2.45) is 4.99 Å². The highest BCUT2D eigenvalue weighted by Gasteiger charge is 2.12. The molecule has 1 rings (SSSR count). The second-order valence-electron chi connectivity index (χ2n) is 2.55. The molecular weight excluding hydrogens is 124 g/mol. The van der Waals surface area contributed by atoms with E-state index >= 15 is 0 Å². The Balaban J connectivity index is 2.53. The van der Waals surface area contributed by atoms with Gasteiger partial charge in [0, 0.05) is 26.2 Å². The van der Waals surface area contributed by atoms with Crippen molar-refractivity contribution in [3.05, 3.63) is 12.3 Å². The Hall–Kier alpha value is -0.790. The van der Waals surface area contributed by atoms with Gasteiger partial charge in [-0.2, -0.15) is 0 Å². The van der Waals surface area contributed by atoms with Crippen LogP contribution in [0.25, 0.3) is 0 Å². The number of hydrogen-bond acceptors (Lipinski definition) is 1. The monoisotopic (exact) mass is 138 g/mol. The topological polar surface area (TPSA) is 15.6 Å². The van der Waals surface area contributed by atoms with Gasteiger partial charge in [0.1, 0.15) is 5.84 Å². The molecule has 0 atom stereocenters. The number of aliphatic imine (C=N–C) groups is 1. The standard InChI is InChI=1S/C8H14N2/c1-3-6-9-8-5-4-7-10(8)2/h3,6H,4-5,7H2,1-2H3/b6-3-,9-8?. The van der Waals surface area contributed by atoms with Crippen LogP contribution in [-0.4, -0.2) is 24.3 Å². The van der Waals surface area contributed by atoms with E-state index in [0.29, 0.717) is 0 Å². The van der Waals surface area contributed by atoms with Crippen LogP contribution < -0.4 is 0 Å². The van der Waals surface area contributed by atoms with Crippen LogP contribution in [0, 0.1) is 0 Å². The highest BCUT2D eigenvalue weighted by Crippen LogP contribution is 2.08. The lowest BCUT2D eigenvalue weighted by Gasteiger charge is -2.09. The lowest BCUT2D eigenvalue weighted by Crippen LogP contribution is -2.18. The first kappa shape index (κ1) is 7.32. The first-order valence-electron chi connectivity index (χ1n) is 3.73. The van der Waals surface area contributed by atoms with E-state index in [2.05, 4.69) is 16.9 Å². The Kier molecular flexibility index (Phi) is 2.49. The van der Waals surface area contributed by atoms with Gasteiger partial charge in [0.15, 0.2) is 0 Å². The molecule has 0 radical (unpaired) electrons. The van der Waals surface area contributed by atoms with Crippen LogP contribution in [0.2, 0.25) is 0 Å². The molecule has 0 aromatic heterocycles. The predicted octanol–water partition coefficient (Wildman–Crippen LogP) is 1.64. The normalized spacial score (nSPS) is 23.4. The van der Waals surface area contributed by atoms with Gasteiger partial charge in [0.25, 0.3) is 0 Å². The maximum absolute atomic E-state index is 4.28. The molecule has 1 aliphatic heterocycles. The van der Waals surface area contributed by atoms with Crippen LogP contribution in [0.1, 0.15) is 19.8 Å². The van der Waals surface area contributed by atoms with Crippen molar-refractivity contribution in [1.29, 1.82) is 0 Å². The molecule has 10 heavy (non-hydrogen) atoms. The zero-order valence-electron chi connectivity index (χ0n) is 6.67. The molecule has 0 saturated carbocycles. The van der Waals surface area contributed by atoms with Crippen LogP contribution in [0.3, 0.4) is 0 Å². The summed E-state index contributed by atoms with van der Waals surface area (Å²) in [5.41, 5.74) is 0. The minimum absolute atomic E-state index is 1.14. The zero-order valence-corrected chi connectivity index (χ0v) is 6.67. The largest absolute Gasteiger partial charge is 0.363 e. The third kappa shape index (κ3) is 1.59. The lowest BCUT2D eigenvalue weighted by atomic mass is 10.4. The van der Waals surface area contributed by atoms with Gasteiger partial charge in [-0.25, -0.2) is 4.99 Å². The van der Waals surface area contributed by atoms with Crippen molar-refractivity contribution >= 4 is 5.84 Å². The molecule has 2 heteroatoms. The maximum Gasteiger partial charge on any atom is 0.104 e. The Morgan fingerprint density at radius 3 is 2.90 bits per heavy atom. The smallest absolute Gasteiger partial charge is 0.104 e. The first-order valence-corrected chi connectivity index (χ1v) is 3.73. The van der Waals surface area contributed by atoms with Crippen molar-refractivity contribution in [2.75, 3.05) is 13.6 Å². The van der Waals surface area contributed by atoms with Gasteiger partial charge in [0.05, 0.1) is 0 Å². The zero-order chi connectivity index (χ0) is 7.40. The summed E-state index contributed by atoms with van der Waals surface area (Å²) < 4.78 is 0. The van der Waals surface area contributed by atoms with E-state index in [1.54, 1.807) is 0 Å². The molecule has 1 heterocycles. The molecule has 0 aliphatic carbocycles. The highest BCUT2D eigenvalue weighted by molar-refractivity contribution is 5.84. The van der Waals surface area contributed by atoms with E-state index in [4.69, 9.17) is 0 Å². The third-order valence-electron chi connectivity index (χ3n) is 1.71. The van der Waals surface area contributed by atoms with Crippen LogP contribution in [0.5, 0.6) is 0 Å². The molecule has 1 fully saturated rings. The van der Waals surface area contributed by atoms with E-state index in [-0.39, 0.29) is 0 Å². The SMILES string of the molecule is C/C=C\N=C1CCCN1C. The van der Waals surface area contributed by atoms with Gasteiger partial charge < -0.3 is 4.90 Å². The van der Waals surface area contributed by atoms with Crippen molar-refractivity contribution in [3.63, 3.8) is 0 Å². The molecule has 0 amide bonds. The number of allylic oxidation sites excluding steroid dienone is 1. The average Bonchev–Trinajstić information content (AvgIpc) is 2.31. The fourth-order valence-corrected chi connectivity index (χ4v) is 1.12. The summed E-state index contributed by atoms with van der Waals surface area (Å²) in [6, 6.07) is 0. The molecule has 0 bridgehead atoms.